The van der Waals surface area contributed by atoms with Crippen LogP contribution in [0.25, 0.3) is 16.7 Å². The van der Waals surface area contributed by atoms with Gasteiger partial charge >= 0.3 is 0 Å². The van der Waals surface area contributed by atoms with Crippen LogP contribution in [0.1, 0.15) is 51.5 Å². The van der Waals surface area contributed by atoms with E-state index < -0.39 is 20.9 Å². The fraction of sp³-hybridized carbons (Fsp3) is 0.538. The lowest BCUT2D eigenvalue weighted by Crippen LogP contribution is -2.50. The van der Waals surface area contributed by atoms with Gasteiger partial charge in [0.2, 0.25) is 9.84 Å². The van der Waals surface area contributed by atoms with E-state index in [0.29, 0.717) is 18.2 Å². The highest BCUT2D eigenvalue weighted by molar-refractivity contribution is 7.90. The Balaban J connectivity index is 1.34. The monoisotopic (exact) mass is 504 g/mol. The number of aliphatic hydroxyl groups is 1. The molecule has 10 heteroatoms. The summed E-state index contributed by atoms with van der Waals surface area (Å²) < 4.78 is 26.8. The van der Waals surface area contributed by atoms with Crippen molar-refractivity contribution < 1.29 is 13.5 Å². The number of hydrogen-bond acceptors (Lipinski definition) is 8. The van der Waals surface area contributed by atoms with Gasteiger partial charge in [-0.3, -0.25) is 0 Å². The third-order valence-electron chi connectivity index (χ3n) is 9.48. The highest BCUT2D eigenvalue weighted by Crippen LogP contribution is 2.78. The van der Waals surface area contributed by atoms with Crippen molar-refractivity contribution in [2.45, 2.75) is 68.2 Å². The highest BCUT2D eigenvalue weighted by atomic mass is 32.2. The SMILES string of the molecule is CC(C)(O)C12CC(C1)N(c1cc(-n3ncc4ccc([C@]5(C#N)CC56CC6)cc43)nc(S(C)(=O)=O)n1)C2. The standard InChI is InChI=1S/C26H28N6O3S/c1-23(2,33)25-10-18(11-25)31(15-25)20-9-21(30-22(29-20)36(3,34)35)32-19-8-17(5-4-16(19)12-28-32)26(14-27)13-24(26)6-7-24/h4-5,8-9,12,18,33H,6-7,10-11,13,15H2,1-3H3/t18?,25?,26-/m1/s1. The number of anilines is 1. The van der Waals surface area contributed by atoms with Gasteiger partial charge in [0.05, 0.1) is 28.8 Å². The number of hydrogen-bond donors (Lipinski definition) is 1. The van der Waals surface area contributed by atoms with Crippen molar-refractivity contribution in [3.8, 4) is 11.9 Å². The average Bonchev–Trinajstić information content (AvgIpc) is 3.48. The van der Waals surface area contributed by atoms with E-state index >= 15 is 0 Å². The van der Waals surface area contributed by atoms with E-state index in [1.807, 2.05) is 32.0 Å². The molecular weight excluding hydrogens is 476 g/mol. The van der Waals surface area contributed by atoms with Crippen molar-refractivity contribution in [1.82, 2.24) is 19.7 Å². The highest BCUT2D eigenvalue weighted by Gasteiger charge is 2.75. The maximum Gasteiger partial charge on any atom is 0.250 e. The second kappa shape index (κ2) is 6.45. The molecule has 3 aliphatic carbocycles. The van der Waals surface area contributed by atoms with Gasteiger partial charge in [0.25, 0.3) is 5.16 Å². The van der Waals surface area contributed by atoms with Crippen LogP contribution in [0.4, 0.5) is 5.82 Å². The van der Waals surface area contributed by atoms with E-state index in [2.05, 4.69) is 26.0 Å². The van der Waals surface area contributed by atoms with Gasteiger partial charge in [0.15, 0.2) is 5.82 Å². The molecule has 1 atom stereocenters. The molecular formula is C26H28N6O3S. The molecule has 186 valence electrons. The molecule has 1 spiro atoms. The van der Waals surface area contributed by atoms with Crippen LogP contribution in [-0.4, -0.2) is 57.7 Å². The summed E-state index contributed by atoms with van der Waals surface area (Å²) in [5, 5.41) is 25.9. The lowest BCUT2D eigenvalue weighted by atomic mass is 9.61. The van der Waals surface area contributed by atoms with Crippen LogP contribution in [-0.2, 0) is 15.3 Å². The van der Waals surface area contributed by atoms with Crippen molar-refractivity contribution >= 4 is 26.6 Å². The van der Waals surface area contributed by atoms with E-state index in [-0.39, 0.29) is 22.0 Å². The molecule has 1 N–H and O–H groups in total. The molecule has 3 saturated carbocycles. The fourth-order valence-electron chi connectivity index (χ4n) is 6.75. The normalized spacial score (nSPS) is 29.9. The molecule has 5 aliphatic rings. The van der Waals surface area contributed by atoms with Crippen molar-refractivity contribution in [3.05, 3.63) is 36.0 Å². The van der Waals surface area contributed by atoms with Crippen molar-refractivity contribution in [2.24, 2.45) is 10.8 Å². The molecule has 2 saturated heterocycles. The summed E-state index contributed by atoms with van der Waals surface area (Å²) in [7, 11) is -3.68. The number of sulfone groups is 1. The van der Waals surface area contributed by atoms with Gasteiger partial charge < -0.3 is 10.0 Å². The first kappa shape index (κ1) is 22.2. The largest absolute Gasteiger partial charge is 0.390 e. The van der Waals surface area contributed by atoms with E-state index in [1.54, 1.807) is 16.9 Å². The zero-order valence-corrected chi connectivity index (χ0v) is 21.4. The minimum Gasteiger partial charge on any atom is -0.390 e. The average molecular weight is 505 g/mol. The van der Waals surface area contributed by atoms with Crippen LogP contribution >= 0.6 is 0 Å². The molecule has 36 heavy (non-hydrogen) atoms. The van der Waals surface area contributed by atoms with Gasteiger partial charge in [-0.05, 0) is 63.0 Å². The minimum absolute atomic E-state index is 0.138. The summed E-state index contributed by atoms with van der Waals surface area (Å²) in [6.45, 7) is 4.29. The van der Waals surface area contributed by atoms with E-state index in [4.69, 9.17) is 0 Å². The summed E-state index contributed by atoms with van der Waals surface area (Å²) >= 11 is 0. The first-order valence-electron chi connectivity index (χ1n) is 12.4. The summed E-state index contributed by atoms with van der Waals surface area (Å²) in [4.78, 5) is 10.9. The molecule has 0 amide bonds. The molecule has 0 radical (unpaired) electrons. The molecule has 8 rings (SSSR count). The van der Waals surface area contributed by atoms with E-state index in [1.165, 1.54) is 0 Å². The van der Waals surface area contributed by atoms with Crippen molar-refractivity contribution in [1.29, 1.82) is 5.26 Å². The Morgan fingerprint density at radius 2 is 1.89 bits per heavy atom. The summed E-state index contributed by atoms with van der Waals surface area (Å²) in [5.74, 6) is 0.901. The quantitative estimate of drug-likeness (QED) is 0.526. The molecule has 5 fully saturated rings. The van der Waals surface area contributed by atoms with Gasteiger partial charge in [-0.25, -0.2) is 18.1 Å². The third-order valence-corrected chi connectivity index (χ3v) is 10.3. The number of nitrogens with zero attached hydrogens (tertiary/aromatic N) is 6. The number of nitriles is 1. The Morgan fingerprint density at radius 1 is 1.17 bits per heavy atom. The smallest absolute Gasteiger partial charge is 0.250 e. The zero-order chi connectivity index (χ0) is 25.3. The second-order valence-corrected chi connectivity index (χ2v) is 13.9. The second-order valence-electron chi connectivity index (χ2n) is 12.0. The van der Waals surface area contributed by atoms with Crippen LogP contribution in [0.2, 0.25) is 0 Å². The molecule has 4 heterocycles. The topological polar surface area (TPSA) is 125 Å². The third kappa shape index (κ3) is 2.78. The number of benzene rings is 1. The van der Waals surface area contributed by atoms with Crippen molar-refractivity contribution in [2.75, 3.05) is 17.7 Å². The van der Waals surface area contributed by atoms with Crippen molar-refractivity contribution in [3.63, 3.8) is 0 Å². The van der Waals surface area contributed by atoms with Gasteiger partial charge in [0.1, 0.15) is 5.82 Å². The maximum atomic E-state index is 12.6. The lowest BCUT2D eigenvalue weighted by Gasteiger charge is -2.45. The number of aromatic nitrogens is 4. The predicted octanol–water partition coefficient (Wildman–Crippen LogP) is 2.90. The number of fused-ring (bicyclic) bond motifs is 2. The molecule has 2 aliphatic heterocycles. The zero-order valence-electron chi connectivity index (χ0n) is 20.6. The van der Waals surface area contributed by atoms with E-state index in [9.17, 15) is 18.8 Å². The van der Waals surface area contributed by atoms with Crippen LogP contribution in [0.3, 0.4) is 0 Å². The van der Waals surface area contributed by atoms with Gasteiger partial charge in [-0.1, -0.05) is 12.1 Å². The first-order chi connectivity index (χ1) is 16.9. The maximum absolute atomic E-state index is 12.6. The molecule has 2 aromatic heterocycles. The molecule has 2 bridgehead atoms. The van der Waals surface area contributed by atoms with Crippen LogP contribution < -0.4 is 4.90 Å². The first-order valence-corrected chi connectivity index (χ1v) is 14.3. The minimum atomic E-state index is -3.68. The summed E-state index contributed by atoms with van der Waals surface area (Å²) in [5.41, 5.74) is 0.414. The van der Waals surface area contributed by atoms with E-state index in [0.717, 1.165) is 54.8 Å². The van der Waals surface area contributed by atoms with Crippen LogP contribution in [0.5, 0.6) is 0 Å². The molecule has 3 aromatic rings. The predicted molar refractivity (Wildman–Crippen MR) is 132 cm³/mol. The summed E-state index contributed by atoms with van der Waals surface area (Å²) in [6.07, 6.45) is 7.60. The summed E-state index contributed by atoms with van der Waals surface area (Å²) in [6, 6.07) is 10.6. The Hall–Kier alpha value is -3.03. The molecule has 1 aromatic carbocycles. The number of rotatable bonds is 5. The molecule has 9 nitrogen and oxygen atoms in total. The van der Waals surface area contributed by atoms with Gasteiger partial charge in [-0.15, -0.1) is 0 Å². The lowest BCUT2D eigenvalue weighted by molar-refractivity contribution is -0.0754. The molecule has 0 unspecified atom stereocenters. The van der Waals surface area contributed by atoms with Gasteiger partial charge in [0, 0.05) is 35.7 Å². The Bertz CT molecular complexity index is 1600. The fourth-order valence-corrected chi connectivity index (χ4v) is 7.26. The van der Waals surface area contributed by atoms with Crippen LogP contribution in [0, 0.1) is 22.2 Å². The Kier molecular flexibility index (Phi) is 3.97. The van der Waals surface area contributed by atoms with Gasteiger partial charge in [-0.2, -0.15) is 15.3 Å². The Labute approximate surface area is 209 Å². The Morgan fingerprint density at radius 3 is 2.47 bits per heavy atom. The van der Waals surface area contributed by atoms with Crippen LogP contribution in [0.15, 0.2) is 35.6 Å².